The summed E-state index contributed by atoms with van der Waals surface area (Å²) in [5, 5.41) is 2.96. The van der Waals surface area contributed by atoms with E-state index in [4.69, 9.17) is 5.73 Å². The van der Waals surface area contributed by atoms with E-state index in [0.29, 0.717) is 11.4 Å². The summed E-state index contributed by atoms with van der Waals surface area (Å²) in [5.74, 6) is 1.09. The summed E-state index contributed by atoms with van der Waals surface area (Å²) in [7, 11) is 0. The van der Waals surface area contributed by atoms with E-state index in [-0.39, 0.29) is 10.7 Å². The van der Waals surface area contributed by atoms with Crippen LogP contribution in [0.15, 0.2) is 16.6 Å². The highest BCUT2D eigenvalue weighted by atomic mass is 79.9. The van der Waals surface area contributed by atoms with E-state index in [1.165, 1.54) is 0 Å². The van der Waals surface area contributed by atoms with Crippen molar-refractivity contribution in [2.45, 2.75) is 31.4 Å². The normalized spacial score (nSPS) is 23.1. The van der Waals surface area contributed by atoms with Crippen LogP contribution < -0.4 is 11.1 Å². The zero-order chi connectivity index (χ0) is 13.3. The van der Waals surface area contributed by atoms with E-state index < -0.39 is 0 Å². The molecule has 0 spiro atoms. The van der Waals surface area contributed by atoms with Gasteiger partial charge in [0.15, 0.2) is 0 Å². The number of carbonyl (C=O) groups excluding carboxylic acids is 1. The molecule has 5 heteroatoms. The summed E-state index contributed by atoms with van der Waals surface area (Å²) in [6.45, 7) is 3.97. The molecule has 1 amide bonds. The fourth-order valence-electron chi connectivity index (χ4n) is 2.10. The molecule has 1 aliphatic rings. The Hall–Kier alpha value is -0.680. The third-order valence-corrected chi connectivity index (χ3v) is 5.35. The maximum absolute atomic E-state index is 12.3. The zero-order valence-corrected chi connectivity index (χ0v) is 13.0. The van der Waals surface area contributed by atoms with E-state index in [0.717, 1.165) is 28.6 Å². The van der Waals surface area contributed by atoms with Gasteiger partial charge in [0, 0.05) is 4.47 Å². The lowest BCUT2D eigenvalue weighted by atomic mass is 10.0. The van der Waals surface area contributed by atoms with Gasteiger partial charge in [-0.15, -0.1) is 11.8 Å². The first-order valence-corrected chi connectivity index (χ1v) is 7.71. The molecule has 1 aromatic carbocycles. The molecule has 0 saturated carbocycles. The fourth-order valence-corrected chi connectivity index (χ4v) is 4.00. The fraction of sp³-hybridized carbons (Fsp3) is 0.462. The molecule has 1 unspecified atom stereocenters. The first-order chi connectivity index (χ1) is 8.42. The first kappa shape index (κ1) is 13.7. The Bertz CT molecular complexity index is 461. The van der Waals surface area contributed by atoms with Gasteiger partial charge in [0.25, 0.3) is 0 Å². The lowest BCUT2D eigenvalue weighted by molar-refractivity contribution is -0.118. The lowest BCUT2D eigenvalue weighted by Crippen LogP contribution is -2.35. The zero-order valence-electron chi connectivity index (χ0n) is 10.5. The van der Waals surface area contributed by atoms with Gasteiger partial charge in [-0.25, -0.2) is 0 Å². The molecule has 1 atom stereocenters. The predicted octanol–water partition coefficient (Wildman–Crippen LogP) is 3.56. The van der Waals surface area contributed by atoms with Crippen molar-refractivity contribution in [3.8, 4) is 0 Å². The van der Waals surface area contributed by atoms with Crippen molar-refractivity contribution in [1.29, 1.82) is 0 Å². The molecular weight excluding hydrogens is 312 g/mol. The Labute approximate surface area is 120 Å². The van der Waals surface area contributed by atoms with Crippen molar-refractivity contribution in [1.82, 2.24) is 0 Å². The first-order valence-electron chi connectivity index (χ1n) is 5.93. The number of thioether (sulfide) groups is 1. The van der Waals surface area contributed by atoms with E-state index in [2.05, 4.69) is 21.2 Å². The second-order valence-electron chi connectivity index (χ2n) is 4.85. The number of anilines is 2. The summed E-state index contributed by atoms with van der Waals surface area (Å²) in [4.78, 5) is 12.3. The molecule has 2 rings (SSSR count). The molecule has 1 aliphatic heterocycles. The molecule has 0 aromatic heterocycles. The van der Waals surface area contributed by atoms with Crippen molar-refractivity contribution in [2.24, 2.45) is 0 Å². The minimum absolute atomic E-state index is 0.0428. The van der Waals surface area contributed by atoms with Gasteiger partial charge in [-0.1, -0.05) is 0 Å². The number of aryl methyl sites for hydroxylation is 1. The molecule has 1 aromatic rings. The van der Waals surface area contributed by atoms with Crippen molar-refractivity contribution < 1.29 is 4.79 Å². The number of nitrogens with one attached hydrogen (secondary N) is 1. The quantitative estimate of drug-likeness (QED) is 0.816. The molecular formula is C13H17BrN2OS. The molecule has 0 bridgehead atoms. The predicted molar refractivity (Wildman–Crippen MR) is 82.0 cm³/mol. The Kier molecular flexibility index (Phi) is 3.92. The standard InChI is InChI=1S/C13H17BrN2OS/c1-8-6-9(14)11(10(15)7-8)16-12(17)13(2)4-3-5-18-13/h6-7H,3-5,15H2,1-2H3,(H,16,17). The molecule has 1 heterocycles. The largest absolute Gasteiger partial charge is 0.397 e. The maximum Gasteiger partial charge on any atom is 0.240 e. The number of halogens is 1. The van der Waals surface area contributed by atoms with Gasteiger partial charge >= 0.3 is 0 Å². The van der Waals surface area contributed by atoms with Crippen LogP contribution in [0.3, 0.4) is 0 Å². The minimum atomic E-state index is -0.323. The highest BCUT2D eigenvalue weighted by molar-refractivity contribution is 9.10. The van der Waals surface area contributed by atoms with E-state index >= 15 is 0 Å². The molecule has 0 radical (unpaired) electrons. The van der Waals surface area contributed by atoms with Gasteiger partial charge in [-0.3, -0.25) is 4.79 Å². The Balaban J connectivity index is 2.22. The molecule has 3 nitrogen and oxygen atoms in total. The number of hydrogen-bond donors (Lipinski definition) is 2. The van der Waals surface area contributed by atoms with Gasteiger partial charge in [-0.2, -0.15) is 0 Å². The van der Waals surface area contributed by atoms with Crippen LogP contribution >= 0.6 is 27.7 Å². The van der Waals surface area contributed by atoms with Crippen LogP contribution in [0.5, 0.6) is 0 Å². The Morgan fingerprint density at radius 2 is 2.28 bits per heavy atom. The van der Waals surface area contributed by atoms with Gasteiger partial charge < -0.3 is 11.1 Å². The Morgan fingerprint density at radius 3 is 2.83 bits per heavy atom. The highest BCUT2D eigenvalue weighted by Gasteiger charge is 2.37. The van der Waals surface area contributed by atoms with Crippen LogP contribution in [0.2, 0.25) is 0 Å². The number of rotatable bonds is 2. The maximum atomic E-state index is 12.3. The smallest absolute Gasteiger partial charge is 0.240 e. The second kappa shape index (κ2) is 5.13. The highest BCUT2D eigenvalue weighted by Crippen LogP contribution is 2.40. The number of nitrogen functional groups attached to an aromatic ring is 1. The van der Waals surface area contributed by atoms with E-state index in [1.807, 2.05) is 26.0 Å². The molecule has 98 valence electrons. The van der Waals surface area contributed by atoms with Crippen LogP contribution in [0.4, 0.5) is 11.4 Å². The summed E-state index contributed by atoms with van der Waals surface area (Å²) in [6.07, 6.45) is 2.02. The molecule has 1 fully saturated rings. The molecule has 0 aliphatic carbocycles. The third kappa shape index (κ3) is 2.67. The number of nitrogens with two attached hydrogens (primary N) is 1. The summed E-state index contributed by atoms with van der Waals surface area (Å²) in [5.41, 5.74) is 8.31. The number of carbonyl (C=O) groups is 1. The number of hydrogen-bond acceptors (Lipinski definition) is 3. The lowest BCUT2D eigenvalue weighted by Gasteiger charge is -2.22. The van der Waals surface area contributed by atoms with Crippen LogP contribution in [0, 0.1) is 6.92 Å². The SMILES string of the molecule is Cc1cc(N)c(NC(=O)C2(C)CCCS2)c(Br)c1. The van der Waals surface area contributed by atoms with Crippen molar-refractivity contribution >= 4 is 45.0 Å². The van der Waals surface area contributed by atoms with Crippen LogP contribution in [-0.2, 0) is 4.79 Å². The number of amides is 1. The summed E-state index contributed by atoms with van der Waals surface area (Å²) in [6, 6.07) is 3.82. The van der Waals surface area contributed by atoms with E-state index in [9.17, 15) is 4.79 Å². The van der Waals surface area contributed by atoms with Crippen LogP contribution in [0.1, 0.15) is 25.3 Å². The summed E-state index contributed by atoms with van der Waals surface area (Å²) >= 11 is 5.17. The van der Waals surface area contributed by atoms with Gasteiger partial charge in [0.2, 0.25) is 5.91 Å². The van der Waals surface area contributed by atoms with Gasteiger partial charge in [0.1, 0.15) is 0 Å². The van der Waals surface area contributed by atoms with Crippen molar-refractivity contribution in [3.63, 3.8) is 0 Å². The van der Waals surface area contributed by atoms with Gasteiger partial charge in [0.05, 0.1) is 16.1 Å². The minimum Gasteiger partial charge on any atom is -0.397 e. The van der Waals surface area contributed by atoms with Crippen molar-refractivity contribution in [2.75, 3.05) is 16.8 Å². The third-order valence-electron chi connectivity index (χ3n) is 3.20. The molecule has 18 heavy (non-hydrogen) atoms. The molecule has 3 N–H and O–H groups in total. The van der Waals surface area contributed by atoms with E-state index in [1.54, 1.807) is 11.8 Å². The summed E-state index contributed by atoms with van der Waals surface area (Å²) < 4.78 is 0.511. The van der Waals surface area contributed by atoms with Crippen molar-refractivity contribution in [3.05, 3.63) is 22.2 Å². The monoisotopic (exact) mass is 328 g/mol. The average molecular weight is 329 g/mol. The topological polar surface area (TPSA) is 55.1 Å². The van der Waals surface area contributed by atoms with Crippen LogP contribution in [-0.4, -0.2) is 16.4 Å². The number of benzene rings is 1. The second-order valence-corrected chi connectivity index (χ2v) is 7.30. The molecule has 1 saturated heterocycles. The Morgan fingerprint density at radius 1 is 1.56 bits per heavy atom. The van der Waals surface area contributed by atoms with Gasteiger partial charge in [-0.05, 0) is 66.1 Å². The average Bonchev–Trinajstić information content (AvgIpc) is 2.71. The van der Waals surface area contributed by atoms with Crippen LogP contribution in [0.25, 0.3) is 0 Å².